The van der Waals surface area contributed by atoms with Crippen LogP contribution < -0.4 is 4.74 Å². The highest BCUT2D eigenvalue weighted by Gasteiger charge is 2.36. The topological polar surface area (TPSA) is 96.2 Å². The van der Waals surface area contributed by atoms with Gasteiger partial charge in [0.1, 0.15) is 17.6 Å². The number of ether oxygens (including phenoxy) is 2. The molecule has 0 fully saturated rings. The highest BCUT2D eigenvalue weighted by molar-refractivity contribution is 6.02. The van der Waals surface area contributed by atoms with E-state index >= 15 is 0 Å². The monoisotopic (exact) mass is 282 g/mol. The number of Topliss-reactive ketones (excluding diaryl/α,β-unsaturated/α-hetero) is 1. The minimum atomic E-state index is -1.23. The van der Waals surface area contributed by atoms with E-state index in [4.69, 9.17) is 9.47 Å². The molecule has 2 rings (SSSR count). The molecule has 1 aliphatic carbocycles. The van der Waals surface area contributed by atoms with Crippen LogP contribution in [-0.2, 0) is 4.74 Å². The largest absolute Gasteiger partial charge is 0.507 e. The van der Waals surface area contributed by atoms with Crippen molar-refractivity contribution in [1.29, 1.82) is 0 Å². The lowest BCUT2D eigenvalue weighted by molar-refractivity contribution is 0.00818. The molecule has 0 saturated heterocycles. The summed E-state index contributed by atoms with van der Waals surface area (Å²) in [6.07, 6.45) is -3.11. The number of hydrogen-bond acceptors (Lipinski definition) is 6. The maximum Gasteiger partial charge on any atom is 0.169 e. The van der Waals surface area contributed by atoms with Gasteiger partial charge in [-0.15, -0.1) is 0 Å². The summed E-state index contributed by atoms with van der Waals surface area (Å²) in [5, 5.41) is 30.0. The Balaban J connectivity index is 2.71. The number of phenols is 1. The highest BCUT2D eigenvalue weighted by Crippen LogP contribution is 2.44. The normalized spacial score (nSPS) is 23.4. The van der Waals surface area contributed by atoms with Gasteiger partial charge in [0.2, 0.25) is 0 Å². The van der Waals surface area contributed by atoms with Crippen molar-refractivity contribution in [3.8, 4) is 11.5 Å². The van der Waals surface area contributed by atoms with Crippen LogP contribution in [0, 0.1) is 0 Å². The van der Waals surface area contributed by atoms with Crippen LogP contribution >= 0.6 is 0 Å². The summed E-state index contributed by atoms with van der Waals surface area (Å²) >= 11 is 0. The van der Waals surface area contributed by atoms with Gasteiger partial charge in [-0.3, -0.25) is 4.79 Å². The Kier molecular flexibility index (Phi) is 3.99. The molecule has 0 spiro atoms. The van der Waals surface area contributed by atoms with E-state index in [9.17, 15) is 20.1 Å². The van der Waals surface area contributed by atoms with Crippen LogP contribution in [0.3, 0.4) is 0 Å². The molecule has 0 aliphatic heterocycles. The first kappa shape index (κ1) is 14.8. The molecular weight excluding hydrogens is 264 g/mol. The fourth-order valence-electron chi connectivity index (χ4n) is 2.50. The van der Waals surface area contributed by atoms with E-state index in [1.807, 2.05) is 0 Å². The Labute approximate surface area is 116 Å². The number of carbonyl (C=O) groups is 1. The maximum atomic E-state index is 12.0. The van der Waals surface area contributed by atoms with Gasteiger partial charge in [-0.05, 0) is 13.0 Å². The van der Waals surface area contributed by atoms with Gasteiger partial charge in [0.05, 0.1) is 30.4 Å². The first-order valence-electron chi connectivity index (χ1n) is 6.28. The van der Waals surface area contributed by atoms with Crippen LogP contribution in [-0.4, -0.2) is 41.4 Å². The molecule has 3 atom stereocenters. The SMILES string of the molecule is COc1cc2c(c(O)c1C(C)OC)C(=O)CC(O)C2O. The summed E-state index contributed by atoms with van der Waals surface area (Å²) in [7, 11) is 2.89. The Hall–Kier alpha value is -1.63. The van der Waals surface area contributed by atoms with Crippen molar-refractivity contribution < 1.29 is 29.6 Å². The summed E-state index contributed by atoms with van der Waals surface area (Å²) in [5.74, 6) is -0.372. The molecule has 0 aromatic heterocycles. The van der Waals surface area contributed by atoms with E-state index in [-0.39, 0.29) is 23.3 Å². The Bertz CT molecular complexity index is 539. The number of methoxy groups -OCH3 is 2. The van der Waals surface area contributed by atoms with Crippen molar-refractivity contribution in [2.24, 2.45) is 0 Å². The van der Waals surface area contributed by atoms with Crippen LogP contribution in [0.4, 0.5) is 0 Å². The molecule has 3 unspecified atom stereocenters. The second kappa shape index (κ2) is 5.40. The second-order valence-electron chi connectivity index (χ2n) is 4.82. The molecule has 20 heavy (non-hydrogen) atoms. The molecule has 0 bridgehead atoms. The summed E-state index contributed by atoms with van der Waals surface area (Å²) in [4.78, 5) is 12.0. The van der Waals surface area contributed by atoms with Crippen LogP contribution in [0.15, 0.2) is 6.07 Å². The van der Waals surface area contributed by atoms with Crippen molar-refractivity contribution in [2.45, 2.75) is 31.7 Å². The van der Waals surface area contributed by atoms with Crippen LogP contribution in [0.2, 0.25) is 0 Å². The first-order valence-corrected chi connectivity index (χ1v) is 6.28. The molecular formula is C14H18O6. The van der Waals surface area contributed by atoms with E-state index in [0.717, 1.165) is 0 Å². The zero-order valence-electron chi connectivity index (χ0n) is 11.6. The number of carbonyl (C=O) groups excluding carboxylic acids is 1. The lowest BCUT2D eigenvalue weighted by Crippen LogP contribution is -2.29. The fourth-order valence-corrected chi connectivity index (χ4v) is 2.50. The third-order valence-corrected chi connectivity index (χ3v) is 3.67. The summed E-state index contributed by atoms with van der Waals surface area (Å²) in [6, 6.07) is 1.46. The predicted molar refractivity (Wildman–Crippen MR) is 70.0 cm³/mol. The van der Waals surface area contributed by atoms with Crippen LogP contribution in [0.5, 0.6) is 11.5 Å². The van der Waals surface area contributed by atoms with Crippen molar-refractivity contribution in [3.63, 3.8) is 0 Å². The molecule has 0 heterocycles. The molecule has 1 aromatic rings. The number of hydrogen-bond donors (Lipinski definition) is 3. The minimum absolute atomic E-state index is 0.0301. The number of aromatic hydroxyl groups is 1. The standard InChI is InChI=1S/C14H18O6/c1-6(19-2)11-10(20-3)4-7-12(14(11)18)8(15)5-9(16)13(7)17/h4,6,9,13,16-18H,5H2,1-3H3. The maximum absolute atomic E-state index is 12.0. The van der Waals surface area contributed by atoms with Gasteiger partial charge in [-0.2, -0.15) is 0 Å². The van der Waals surface area contributed by atoms with Gasteiger partial charge in [-0.1, -0.05) is 0 Å². The molecule has 0 radical (unpaired) electrons. The van der Waals surface area contributed by atoms with Gasteiger partial charge < -0.3 is 24.8 Å². The van der Waals surface area contributed by atoms with E-state index in [2.05, 4.69) is 0 Å². The zero-order valence-corrected chi connectivity index (χ0v) is 11.6. The lowest BCUT2D eigenvalue weighted by atomic mass is 9.83. The number of fused-ring (bicyclic) bond motifs is 1. The molecule has 110 valence electrons. The zero-order chi connectivity index (χ0) is 15.0. The Morgan fingerprint density at radius 1 is 1.35 bits per heavy atom. The van der Waals surface area contributed by atoms with Gasteiger partial charge >= 0.3 is 0 Å². The molecule has 1 aliphatic rings. The Morgan fingerprint density at radius 2 is 2.00 bits per heavy atom. The fraction of sp³-hybridized carbons (Fsp3) is 0.500. The third kappa shape index (κ3) is 2.15. The van der Waals surface area contributed by atoms with Crippen LogP contribution in [0.25, 0.3) is 0 Å². The van der Waals surface area contributed by atoms with Gasteiger partial charge in [0.25, 0.3) is 0 Å². The smallest absolute Gasteiger partial charge is 0.169 e. The van der Waals surface area contributed by atoms with Gasteiger partial charge in [-0.25, -0.2) is 0 Å². The van der Waals surface area contributed by atoms with E-state index in [1.54, 1.807) is 6.92 Å². The van der Waals surface area contributed by atoms with E-state index in [0.29, 0.717) is 11.3 Å². The molecule has 6 nitrogen and oxygen atoms in total. The van der Waals surface area contributed by atoms with Crippen molar-refractivity contribution in [1.82, 2.24) is 0 Å². The van der Waals surface area contributed by atoms with Crippen LogP contribution in [0.1, 0.15) is 47.0 Å². The average molecular weight is 282 g/mol. The van der Waals surface area contributed by atoms with E-state index in [1.165, 1.54) is 20.3 Å². The second-order valence-corrected chi connectivity index (χ2v) is 4.82. The van der Waals surface area contributed by atoms with Gasteiger partial charge in [0.15, 0.2) is 5.78 Å². The number of aliphatic hydroxyl groups is 2. The van der Waals surface area contributed by atoms with Crippen molar-refractivity contribution in [3.05, 3.63) is 22.8 Å². The van der Waals surface area contributed by atoms with E-state index < -0.39 is 24.1 Å². The number of benzene rings is 1. The lowest BCUT2D eigenvalue weighted by Gasteiger charge is -2.28. The summed E-state index contributed by atoms with van der Waals surface area (Å²) < 4.78 is 10.4. The van der Waals surface area contributed by atoms with Gasteiger partial charge in [0, 0.05) is 19.1 Å². The quantitative estimate of drug-likeness (QED) is 0.768. The van der Waals surface area contributed by atoms with Crippen molar-refractivity contribution in [2.75, 3.05) is 14.2 Å². The highest BCUT2D eigenvalue weighted by atomic mass is 16.5. The number of rotatable bonds is 3. The summed E-state index contributed by atoms with van der Waals surface area (Å²) in [6.45, 7) is 1.71. The molecule has 1 aromatic carbocycles. The third-order valence-electron chi connectivity index (χ3n) is 3.67. The van der Waals surface area contributed by atoms with Crippen molar-refractivity contribution >= 4 is 5.78 Å². The Morgan fingerprint density at radius 3 is 2.55 bits per heavy atom. The molecule has 3 N–H and O–H groups in total. The minimum Gasteiger partial charge on any atom is -0.507 e. The number of ketones is 1. The predicted octanol–water partition coefficient (Wildman–Crippen LogP) is 1.09. The molecule has 0 amide bonds. The molecule has 6 heteroatoms. The number of phenolic OH excluding ortho intramolecular Hbond substituents is 1. The summed E-state index contributed by atoms with van der Waals surface area (Å²) in [5.41, 5.74) is 0.559. The first-order chi connectivity index (χ1) is 9.42. The molecule has 0 saturated carbocycles. The average Bonchev–Trinajstić information content (AvgIpc) is 2.42. The number of aliphatic hydroxyl groups excluding tert-OH is 2.